The largest absolute Gasteiger partial charge is 0.452 e. The fourth-order valence-corrected chi connectivity index (χ4v) is 6.13. The van der Waals surface area contributed by atoms with Crippen molar-refractivity contribution in [3.8, 4) is 0 Å². The van der Waals surface area contributed by atoms with Gasteiger partial charge in [0.15, 0.2) is 6.10 Å². The normalized spacial score (nSPS) is 23.7. The second-order valence-electron chi connectivity index (χ2n) is 9.44. The molecule has 1 unspecified atom stereocenters. The summed E-state index contributed by atoms with van der Waals surface area (Å²) in [4.78, 5) is 26.3. The van der Waals surface area contributed by atoms with Crippen LogP contribution in [-0.2, 0) is 9.53 Å². The van der Waals surface area contributed by atoms with Crippen LogP contribution in [0.25, 0.3) is 0 Å². The molecule has 0 saturated carbocycles. The Labute approximate surface area is 201 Å². The number of fused-ring (bicyclic) bond motifs is 3. The third-order valence-electron chi connectivity index (χ3n) is 7.26. The quantitative estimate of drug-likeness (QED) is 0.257. The lowest BCUT2D eigenvalue weighted by Gasteiger charge is -2.51. The summed E-state index contributed by atoms with van der Waals surface area (Å²) in [5.74, 6) is -1.31. The number of hydrogen-bond donors (Lipinski definition) is 0. The first kappa shape index (κ1) is 22.9. The Morgan fingerprint density at radius 2 is 1.65 bits per heavy atom. The van der Waals surface area contributed by atoms with E-state index in [0.29, 0.717) is 28.7 Å². The van der Waals surface area contributed by atoms with Crippen LogP contribution >= 0.6 is 11.3 Å². The number of carbonyl (C=O) groups is 2. The predicted molar refractivity (Wildman–Crippen MR) is 125 cm³/mol. The second kappa shape index (κ2) is 9.39. The van der Waals surface area contributed by atoms with Crippen molar-refractivity contribution in [3.63, 3.8) is 0 Å². The molecule has 34 heavy (non-hydrogen) atoms. The number of esters is 1. The van der Waals surface area contributed by atoms with E-state index < -0.39 is 17.7 Å². The highest BCUT2D eigenvalue weighted by Crippen LogP contribution is 2.40. The molecule has 4 heterocycles. The van der Waals surface area contributed by atoms with E-state index in [9.17, 15) is 18.4 Å². The number of Topliss-reactive ketones (excluding diaryl/α,β-unsaturated/α-hetero) is 1. The van der Waals surface area contributed by atoms with Gasteiger partial charge in [-0.15, -0.1) is 0 Å². The van der Waals surface area contributed by atoms with E-state index in [1.165, 1.54) is 35.6 Å². The molecule has 1 atom stereocenters. The zero-order valence-electron chi connectivity index (χ0n) is 18.7. The summed E-state index contributed by atoms with van der Waals surface area (Å²) in [7, 11) is 0. The fraction of sp³-hybridized carbons (Fsp3) is 0.333. The number of quaternary nitrogens is 1. The van der Waals surface area contributed by atoms with Crippen LogP contribution in [0.1, 0.15) is 40.4 Å². The summed E-state index contributed by atoms with van der Waals surface area (Å²) in [6.45, 7) is 2.69. The van der Waals surface area contributed by atoms with E-state index in [2.05, 4.69) is 0 Å². The van der Waals surface area contributed by atoms with Crippen molar-refractivity contribution in [2.45, 2.75) is 18.9 Å². The van der Waals surface area contributed by atoms with Gasteiger partial charge in [-0.25, -0.2) is 8.78 Å². The number of halogens is 2. The van der Waals surface area contributed by atoms with Gasteiger partial charge in [0.25, 0.3) is 0 Å². The van der Waals surface area contributed by atoms with E-state index >= 15 is 0 Å². The Morgan fingerprint density at radius 3 is 2.21 bits per heavy atom. The van der Waals surface area contributed by atoms with Crippen molar-refractivity contribution >= 4 is 23.1 Å². The van der Waals surface area contributed by atoms with Crippen molar-refractivity contribution < 1.29 is 27.6 Å². The van der Waals surface area contributed by atoms with E-state index in [-0.39, 0.29) is 23.6 Å². The first-order valence-corrected chi connectivity index (χ1v) is 12.5. The third kappa shape index (κ3) is 4.68. The summed E-state index contributed by atoms with van der Waals surface area (Å²) in [5.41, 5.74) is 1.63. The molecular formula is C27H26F2NO3S+. The molecule has 3 aliphatic heterocycles. The number of thiophene rings is 1. The SMILES string of the molecule is O=C(C[N+]12CCC(CC1)C(C(=O)OC(c1cccc(F)c1)c1cccc(F)c1)C2)c1ccsc1. The van der Waals surface area contributed by atoms with E-state index in [0.717, 1.165) is 31.5 Å². The number of piperidine rings is 3. The molecule has 2 bridgehead atoms. The Balaban J connectivity index is 1.37. The number of carbonyl (C=O) groups excluding carboxylic acids is 2. The number of rotatable bonds is 7. The number of nitrogens with zero attached hydrogens (tertiary/aromatic N) is 1. The molecule has 1 aromatic heterocycles. The van der Waals surface area contributed by atoms with Crippen LogP contribution in [0.5, 0.6) is 0 Å². The molecule has 3 saturated heterocycles. The van der Waals surface area contributed by atoms with Crippen molar-refractivity contribution in [2.24, 2.45) is 11.8 Å². The highest BCUT2D eigenvalue weighted by Gasteiger charge is 2.50. The standard InChI is InChI=1S/C27H26F2NO3S/c28-22-5-1-3-19(13-22)26(20-4-2-6-23(29)14-20)33-27(32)24-15-30(10-7-18(24)8-11-30)16-25(31)21-9-12-34-17-21/h1-6,9,12-14,17-18,24,26H,7-8,10-11,15-16H2/q+1. The van der Waals surface area contributed by atoms with Crippen molar-refractivity contribution in [3.05, 3.63) is 93.7 Å². The fourth-order valence-electron chi connectivity index (χ4n) is 5.47. The molecule has 6 rings (SSSR count). The highest BCUT2D eigenvalue weighted by atomic mass is 32.1. The number of hydrogen-bond acceptors (Lipinski definition) is 4. The topological polar surface area (TPSA) is 43.4 Å². The number of ether oxygens (including phenoxy) is 1. The second-order valence-corrected chi connectivity index (χ2v) is 10.2. The average molecular weight is 483 g/mol. The molecule has 7 heteroatoms. The Bertz CT molecular complexity index is 1140. The van der Waals surface area contributed by atoms with Gasteiger partial charge in [-0.05, 0) is 52.8 Å². The first-order valence-electron chi connectivity index (χ1n) is 11.5. The molecule has 176 valence electrons. The zero-order chi connectivity index (χ0) is 23.7. The van der Waals surface area contributed by atoms with Gasteiger partial charge in [0.1, 0.15) is 24.1 Å². The van der Waals surface area contributed by atoms with Gasteiger partial charge in [0.05, 0.1) is 19.6 Å². The predicted octanol–water partition coefficient (Wildman–Crippen LogP) is 5.40. The summed E-state index contributed by atoms with van der Waals surface area (Å²) in [6.07, 6.45) is 0.818. The summed E-state index contributed by atoms with van der Waals surface area (Å²) >= 11 is 1.50. The maximum Gasteiger partial charge on any atom is 0.315 e. The van der Waals surface area contributed by atoms with E-state index in [4.69, 9.17) is 4.74 Å². The Kier molecular flexibility index (Phi) is 6.32. The van der Waals surface area contributed by atoms with Gasteiger partial charge in [0, 0.05) is 23.8 Å². The average Bonchev–Trinajstić information content (AvgIpc) is 3.38. The van der Waals surface area contributed by atoms with Gasteiger partial charge in [-0.1, -0.05) is 24.3 Å². The molecule has 0 amide bonds. The van der Waals surface area contributed by atoms with Gasteiger partial charge < -0.3 is 9.22 Å². The van der Waals surface area contributed by atoms with Crippen molar-refractivity contribution in [1.29, 1.82) is 0 Å². The molecule has 0 spiro atoms. The monoisotopic (exact) mass is 482 g/mol. The summed E-state index contributed by atoms with van der Waals surface area (Å²) < 4.78 is 34.5. The summed E-state index contributed by atoms with van der Waals surface area (Å²) in [6, 6.07) is 13.6. The minimum atomic E-state index is -0.907. The first-order chi connectivity index (χ1) is 16.4. The van der Waals surface area contributed by atoms with Crippen LogP contribution in [0.15, 0.2) is 65.4 Å². The minimum Gasteiger partial charge on any atom is -0.452 e. The van der Waals surface area contributed by atoms with Gasteiger partial charge >= 0.3 is 5.97 Å². The van der Waals surface area contributed by atoms with Crippen molar-refractivity contribution in [2.75, 3.05) is 26.2 Å². The van der Waals surface area contributed by atoms with Crippen LogP contribution in [0, 0.1) is 23.5 Å². The molecule has 0 aliphatic carbocycles. The number of ketones is 1. The molecule has 3 aromatic rings. The van der Waals surface area contributed by atoms with E-state index in [1.807, 2.05) is 16.8 Å². The maximum absolute atomic E-state index is 14.0. The zero-order valence-corrected chi connectivity index (χ0v) is 19.5. The van der Waals surface area contributed by atoms with Crippen molar-refractivity contribution in [1.82, 2.24) is 0 Å². The summed E-state index contributed by atoms with van der Waals surface area (Å²) in [5, 5.41) is 3.76. The lowest BCUT2D eigenvalue weighted by Crippen LogP contribution is -2.64. The van der Waals surface area contributed by atoms with Crippen LogP contribution in [0.3, 0.4) is 0 Å². The van der Waals surface area contributed by atoms with E-state index in [1.54, 1.807) is 24.3 Å². The molecule has 3 fully saturated rings. The molecule has 0 N–H and O–H groups in total. The lowest BCUT2D eigenvalue weighted by molar-refractivity contribution is -0.938. The Hall–Kier alpha value is -2.90. The third-order valence-corrected chi connectivity index (χ3v) is 7.95. The van der Waals surface area contributed by atoms with Gasteiger partial charge in [-0.3, -0.25) is 9.59 Å². The lowest BCUT2D eigenvalue weighted by atomic mass is 9.76. The smallest absolute Gasteiger partial charge is 0.315 e. The van der Waals surface area contributed by atoms with Crippen LogP contribution in [0.2, 0.25) is 0 Å². The molecule has 2 aromatic carbocycles. The molecule has 0 radical (unpaired) electrons. The van der Waals surface area contributed by atoms with Crippen LogP contribution in [-0.4, -0.2) is 42.4 Å². The van der Waals surface area contributed by atoms with Gasteiger partial charge in [0.2, 0.25) is 5.78 Å². The minimum absolute atomic E-state index is 0.103. The van der Waals surface area contributed by atoms with Crippen LogP contribution in [0.4, 0.5) is 8.78 Å². The molecule has 3 aliphatic rings. The number of benzene rings is 2. The maximum atomic E-state index is 14.0. The van der Waals surface area contributed by atoms with Gasteiger partial charge in [-0.2, -0.15) is 11.3 Å². The Morgan fingerprint density at radius 1 is 1.00 bits per heavy atom. The molecular weight excluding hydrogens is 456 g/mol. The van der Waals surface area contributed by atoms with Crippen LogP contribution < -0.4 is 0 Å². The molecule has 4 nitrogen and oxygen atoms in total. The highest BCUT2D eigenvalue weighted by molar-refractivity contribution is 7.08.